The highest BCUT2D eigenvalue weighted by Crippen LogP contribution is 2.24. The van der Waals surface area contributed by atoms with Crippen molar-refractivity contribution in [1.82, 2.24) is 14.9 Å². The zero-order chi connectivity index (χ0) is 15.4. The van der Waals surface area contributed by atoms with Crippen LogP contribution in [-0.2, 0) is 4.79 Å². The van der Waals surface area contributed by atoms with E-state index in [0.717, 1.165) is 19.4 Å². The van der Waals surface area contributed by atoms with Gasteiger partial charge < -0.3 is 14.5 Å². The van der Waals surface area contributed by atoms with Crippen LogP contribution in [0.2, 0.25) is 0 Å². The molecule has 21 heavy (non-hydrogen) atoms. The summed E-state index contributed by atoms with van der Waals surface area (Å²) in [5.74, 6) is 1.14. The van der Waals surface area contributed by atoms with E-state index in [-0.39, 0.29) is 12.0 Å². The molecule has 7 heteroatoms. The lowest BCUT2D eigenvalue weighted by atomic mass is 10.1. The second kappa shape index (κ2) is 6.93. The van der Waals surface area contributed by atoms with Gasteiger partial charge in [-0.05, 0) is 19.8 Å². The molecule has 1 aromatic heterocycles. The Labute approximate surface area is 130 Å². The monoisotopic (exact) mass is 312 g/mol. The smallest absolute Gasteiger partial charge is 0.257 e. The second-order valence-electron chi connectivity index (χ2n) is 5.36. The molecule has 0 N–H and O–H groups in total. The number of aromatic nitrogens is 2. The zero-order valence-corrected chi connectivity index (χ0v) is 13.4. The molecule has 6 nitrogen and oxygen atoms in total. The molecule has 0 saturated carbocycles. The average molecular weight is 313 g/mol. The second-order valence-corrected chi connectivity index (χ2v) is 6.02. The van der Waals surface area contributed by atoms with Gasteiger partial charge >= 0.3 is 0 Å². The largest absolute Gasteiger partial charge is 0.470 e. The van der Waals surface area contributed by atoms with Gasteiger partial charge in [0.1, 0.15) is 11.5 Å². The van der Waals surface area contributed by atoms with E-state index in [0.29, 0.717) is 18.2 Å². The lowest BCUT2D eigenvalue weighted by Crippen LogP contribution is -2.46. The topological polar surface area (TPSA) is 58.6 Å². The Morgan fingerprint density at radius 2 is 2.19 bits per heavy atom. The van der Waals surface area contributed by atoms with Gasteiger partial charge in [-0.25, -0.2) is 9.97 Å². The lowest BCUT2D eigenvalue weighted by molar-refractivity contribution is -0.133. The number of carbonyl (C=O) groups excluding carboxylic acids is 1. The van der Waals surface area contributed by atoms with Crippen LogP contribution in [0, 0.1) is 0 Å². The Bertz CT molecular complexity index is 496. The molecule has 1 aliphatic rings. The molecule has 2 rings (SSSR count). The molecule has 0 spiro atoms. The predicted molar refractivity (Wildman–Crippen MR) is 81.9 cm³/mol. The van der Waals surface area contributed by atoms with Crippen LogP contribution < -0.4 is 9.64 Å². The van der Waals surface area contributed by atoms with Crippen molar-refractivity contribution >= 4 is 23.3 Å². The van der Waals surface area contributed by atoms with E-state index in [1.54, 1.807) is 24.2 Å². The number of carbonyl (C=O) groups is 1. The van der Waals surface area contributed by atoms with Crippen LogP contribution in [0.3, 0.4) is 0 Å². The maximum Gasteiger partial charge on any atom is 0.257 e. The number of rotatable bonds is 4. The number of piperidine rings is 1. The fourth-order valence-corrected chi connectivity index (χ4v) is 2.49. The summed E-state index contributed by atoms with van der Waals surface area (Å²) in [6.07, 6.45) is 4.96. The summed E-state index contributed by atoms with van der Waals surface area (Å²) in [5.41, 5.74) is 0. The van der Waals surface area contributed by atoms with Crippen molar-refractivity contribution in [3.8, 4) is 5.88 Å². The summed E-state index contributed by atoms with van der Waals surface area (Å²) >= 11 is 5.88. The van der Waals surface area contributed by atoms with E-state index in [4.69, 9.17) is 16.3 Å². The Morgan fingerprint density at radius 1 is 1.48 bits per heavy atom. The molecule has 0 aliphatic carbocycles. The van der Waals surface area contributed by atoms with Gasteiger partial charge in [-0.1, -0.05) is 0 Å². The number of hydrogen-bond acceptors (Lipinski definition) is 5. The Hall–Kier alpha value is -1.56. The van der Waals surface area contributed by atoms with Crippen molar-refractivity contribution in [3.05, 3.63) is 12.4 Å². The molecule has 1 saturated heterocycles. The first-order valence-corrected chi connectivity index (χ1v) is 7.50. The van der Waals surface area contributed by atoms with Gasteiger partial charge in [-0.15, -0.1) is 11.6 Å². The number of likely N-dealkylation sites (tertiary alicyclic amines) is 1. The number of amides is 1. The van der Waals surface area contributed by atoms with Gasteiger partial charge in [0.25, 0.3) is 5.88 Å². The molecular weight excluding hydrogens is 292 g/mol. The molecule has 0 radical (unpaired) electrons. The maximum absolute atomic E-state index is 12.0. The highest BCUT2D eigenvalue weighted by atomic mass is 35.5. The molecule has 2 unspecified atom stereocenters. The Morgan fingerprint density at radius 3 is 2.86 bits per heavy atom. The number of hydrogen-bond donors (Lipinski definition) is 0. The van der Waals surface area contributed by atoms with Crippen molar-refractivity contribution in [2.45, 2.75) is 31.2 Å². The van der Waals surface area contributed by atoms with Gasteiger partial charge in [-0.3, -0.25) is 4.79 Å². The van der Waals surface area contributed by atoms with Crippen LogP contribution in [-0.4, -0.2) is 59.4 Å². The van der Waals surface area contributed by atoms with Gasteiger partial charge in [0.05, 0.1) is 6.54 Å². The Balaban J connectivity index is 2.05. The van der Waals surface area contributed by atoms with E-state index in [1.165, 1.54) is 0 Å². The summed E-state index contributed by atoms with van der Waals surface area (Å²) < 4.78 is 5.96. The van der Waals surface area contributed by atoms with Gasteiger partial charge in [-0.2, -0.15) is 0 Å². The first-order chi connectivity index (χ1) is 9.99. The van der Waals surface area contributed by atoms with E-state index in [9.17, 15) is 4.79 Å². The van der Waals surface area contributed by atoms with Crippen LogP contribution in [0.1, 0.15) is 19.8 Å². The molecular formula is C14H21ClN4O2. The van der Waals surface area contributed by atoms with Crippen LogP contribution in [0.4, 0.5) is 5.82 Å². The van der Waals surface area contributed by atoms with Crippen molar-refractivity contribution in [1.29, 1.82) is 0 Å². The maximum atomic E-state index is 12.0. The molecule has 1 amide bonds. The minimum Gasteiger partial charge on any atom is -0.470 e. The minimum absolute atomic E-state index is 0.0445. The van der Waals surface area contributed by atoms with Crippen molar-refractivity contribution in [3.63, 3.8) is 0 Å². The highest BCUT2D eigenvalue weighted by Gasteiger charge is 2.28. The molecule has 0 bridgehead atoms. The van der Waals surface area contributed by atoms with E-state index in [2.05, 4.69) is 9.97 Å². The summed E-state index contributed by atoms with van der Waals surface area (Å²) in [4.78, 5) is 24.1. The molecule has 2 atom stereocenters. The lowest BCUT2D eigenvalue weighted by Gasteiger charge is -2.33. The summed E-state index contributed by atoms with van der Waals surface area (Å²) in [5, 5.41) is -0.502. The fraction of sp³-hybridized carbons (Fsp3) is 0.643. The molecule has 0 aromatic carbocycles. The molecule has 1 aliphatic heterocycles. The number of nitrogens with zero attached hydrogens (tertiary/aromatic N) is 4. The van der Waals surface area contributed by atoms with Crippen LogP contribution >= 0.6 is 11.6 Å². The standard InChI is InChI=1S/C14H21ClN4O2/c1-10(15)14(20)19-8-4-5-11(9-19)21-13-12(18(2)3)16-6-7-17-13/h6-7,10-11H,4-5,8-9H2,1-3H3. The Kier molecular flexibility index (Phi) is 5.22. The van der Waals surface area contributed by atoms with Crippen molar-refractivity contribution in [2.75, 3.05) is 32.1 Å². The molecule has 116 valence electrons. The molecule has 1 fully saturated rings. The summed E-state index contributed by atoms with van der Waals surface area (Å²) in [7, 11) is 3.78. The van der Waals surface area contributed by atoms with E-state index >= 15 is 0 Å². The zero-order valence-electron chi connectivity index (χ0n) is 12.6. The van der Waals surface area contributed by atoms with Gasteiger partial charge in [0, 0.05) is 33.0 Å². The van der Waals surface area contributed by atoms with Crippen LogP contribution in [0.15, 0.2) is 12.4 Å². The fourth-order valence-electron chi connectivity index (χ4n) is 2.35. The van der Waals surface area contributed by atoms with E-state index < -0.39 is 5.38 Å². The van der Waals surface area contributed by atoms with Crippen LogP contribution in [0.25, 0.3) is 0 Å². The van der Waals surface area contributed by atoms with Gasteiger partial charge in [0.15, 0.2) is 5.82 Å². The highest BCUT2D eigenvalue weighted by molar-refractivity contribution is 6.30. The summed E-state index contributed by atoms with van der Waals surface area (Å²) in [6, 6.07) is 0. The number of alkyl halides is 1. The average Bonchev–Trinajstić information content (AvgIpc) is 2.47. The molecule has 1 aromatic rings. The SMILES string of the molecule is CC(Cl)C(=O)N1CCCC(Oc2nccnc2N(C)C)C1. The first-order valence-electron chi connectivity index (χ1n) is 7.07. The van der Waals surface area contributed by atoms with Crippen molar-refractivity contribution < 1.29 is 9.53 Å². The third-order valence-corrected chi connectivity index (χ3v) is 3.57. The normalized spacial score (nSPS) is 20.0. The third kappa shape index (κ3) is 3.97. The first kappa shape index (κ1) is 15.8. The van der Waals surface area contributed by atoms with Crippen molar-refractivity contribution in [2.24, 2.45) is 0 Å². The minimum atomic E-state index is -0.502. The third-order valence-electron chi connectivity index (χ3n) is 3.38. The number of ether oxygens (including phenoxy) is 1. The quantitative estimate of drug-likeness (QED) is 0.789. The predicted octanol–water partition coefficient (Wildman–Crippen LogP) is 1.54. The van der Waals surface area contributed by atoms with E-state index in [1.807, 2.05) is 19.0 Å². The molecule has 2 heterocycles. The van der Waals surface area contributed by atoms with Crippen LogP contribution in [0.5, 0.6) is 5.88 Å². The number of anilines is 1. The van der Waals surface area contributed by atoms with Gasteiger partial charge in [0.2, 0.25) is 5.91 Å². The number of halogens is 1. The summed E-state index contributed by atoms with van der Waals surface area (Å²) in [6.45, 7) is 2.97.